The highest BCUT2D eigenvalue weighted by atomic mass is 16.6. The Balaban J connectivity index is 2.56. The molecule has 1 atom stereocenters. The highest BCUT2D eigenvalue weighted by Crippen LogP contribution is 2.08. The highest BCUT2D eigenvalue weighted by molar-refractivity contribution is 5.82. The molecule has 96 valence electrons. The third-order valence-corrected chi connectivity index (χ3v) is 2.04. The Hall–Kier alpha value is -2.30. The first-order valence-electron chi connectivity index (χ1n) is 5.30. The molecule has 0 amide bonds. The molecule has 0 aliphatic rings. The van der Waals surface area contributed by atoms with Gasteiger partial charge < -0.3 is 13.9 Å². The first-order chi connectivity index (χ1) is 8.65. The first kappa shape index (κ1) is 13.8. The lowest BCUT2D eigenvalue weighted by molar-refractivity contribution is -0.152. The van der Waals surface area contributed by atoms with Crippen molar-refractivity contribution in [1.29, 1.82) is 0 Å². The SMILES string of the molecule is C=CC(=O)OCC(Cc1ccco1)OC(=O)C=C. The Labute approximate surface area is 105 Å². The third kappa shape index (κ3) is 4.69. The number of esters is 2. The molecular formula is C13H14O5. The molecule has 0 bridgehead atoms. The van der Waals surface area contributed by atoms with E-state index in [1.165, 1.54) is 6.26 Å². The van der Waals surface area contributed by atoms with Crippen LogP contribution < -0.4 is 0 Å². The Bertz CT molecular complexity index is 419. The minimum absolute atomic E-state index is 0.0644. The zero-order valence-corrected chi connectivity index (χ0v) is 9.83. The maximum Gasteiger partial charge on any atom is 0.330 e. The van der Waals surface area contributed by atoms with Gasteiger partial charge in [0.05, 0.1) is 6.26 Å². The molecule has 1 aromatic rings. The topological polar surface area (TPSA) is 65.7 Å². The van der Waals surface area contributed by atoms with Crippen LogP contribution in [-0.4, -0.2) is 24.6 Å². The minimum Gasteiger partial charge on any atom is -0.469 e. The molecule has 0 radical (unpaired) electrons. The van der Waals surface area contributed by atoms with Crippen molar-refractivity contribution >= 4 is 11.9 Å². The van der Waals surface area contributed by atoms with Crippen LogP contribution in [0, 0.1) is 0 Å². The number of carbonyl (C=O) groups is 2. The van der Waals surface area contributed by atoms with E-state index < -0.39 is 18.0 Å². The monoisotopic (exact) mass is 250 g/mol. The van der Waals surface area contributed by atoms with Gasteiger partial charge in [-0.1, -0.05) is 13.2 Å². The molecule has 1 heterocycles. The van der Waals surface area contributed by atoms with E-state index in [1.54, 1.807) is 12.1 Å². The summed E-state index contributed by atoms with van der Waals surface area (Å²) in [7, 11) is 0. The maximum absolute atomic E-state index is 11.1. The van der Waals surface area contributed by atoms with Gasteiger partial charge in [0.2, 0.25) is 0 Å². The number of ether oxygens (including phenoxy) is 2. The van der Waals surface area contributed by atoms with Crippen molar-refractivity contribution in [3.8, 4) is 0 Å². The standard InChI is InChI=1S/C13H14O5/c1-3-12(14)17-9-11(18-13(15)4-2)8-10-6-5-7-16-10/h3-7,11H,1-2,8-9H2. The lowest BCUT2D eigenvalue weighted by Gasteiger charge is -2.15. The van der Waals surface area contributed by atoms with Crippen molar-refractivity contribution in [3.05, 3.63) is 49.5 Å². The smallest absolute Gasteiger partial charge is 0.330 e. The fourth-order valence-corrected chi connectivity index (χ4v) is 1.23. The summed E-state index contributed by atoms with van der Waals surface area (Å²) in [5.41, 5.74) is 0. The summed E-state index contributed by atoms with van der Waals surface area (Å²) in [5, 5.41) is 0. The van der Waals surface area contributed by atoms with Gasteiger partial charge in [0.25, 0.3) is 0 Å². The second-order valence-corrected chi connectivity index (χ2v) is 3.38. The average Bonchev–Trinajstić information content (AvgIpc) is 2.88. The normalized spacial score (nSPS) is 11.3. The zero-order valence-electron chi connectivity index (χ0n) is 9.83. The van der Waals surface area contributed by atoms with Gasteiger partial charge in [0, 0.05) is 18.6 Å². The van der Waals surface area contributed by atoms with Crippen LogP contribution in [0.15, 0.2) is 48.1 Å². The van der Waals surface area contributed by atoms with Crippen molar-refractivity contribution in [2.45, 2.75) is 12.5 Å². The summed E-state index contributed by atoms with van der Waals surface area (Å²) >= 11 is 0. The van der Waals surface area contributed by atoms with Gasteiger partial charge in [-0.05, 0) is 12.1 Å². The van der Waals surface area contributed by atoms with E-state index in [-0.39, 0.29) is 6.61 Å². The van der Waals surface area contributed by atoms with E-state index >= 15 is 0 Å². The van der Waals surface area contributed by atoms with Gasteiger partial charge >= 0.3 is 11.9 Å². The van der Waals surface area contributed by atoms with Gasteiger partial charge in [-0.25, -0.2) is 9.59 Å². The molecule has 0 aliphatic carbocycles. The fourth-order valence-electron chi connectivity index (χ4n) is 1.23. The van der Waals surface area contributed by atoms with Gasteiger partial charge in [0.1, 0.15) is 18.5 Å². The van der Waals surface area contributed by atoms with Crippen LogP contribution in [0.5, 0.6) is 0 Å². The summed E-state index contributed by atoms with van der Waals surface area (Å²) in [4.78, 5) is 22.1. The number of hydrogen-bond donors (Lipinski definition) is 0. The van der Waals surface area contributed by atoms with Crippen molar-refractivity contribution in [2.24, 2.45) is 0 Å². The van der Waals surface area contributed by atoms with Crippen LogP contribution in [0.4, 0.5) is 0 Å². The van der Waals surface area contributed by atoms with Crippen LogP contribution >= 0.6 is 0 Å². The van der Waals surface area contributed by atoms with Crippen molar-refractivity contribution in [1.82, 2.24) is 0 Å². The largest absolute Gasteiger partial charge is 0.469 e. The second kappa shape index (κ2) is 7.11. The molecule has 0 aliphatic heterocycles. The molecule has 0 fully saturated rings. The molecule has 1 aromatic heterocycles. The molecule has 18 heavy (non-hydrogen) atoms. The van der Waals surface area contributed by atoms with E-state index in [0.717, 1.165) is 12.2 Å². The summed E-state index contributed by atoms with van der Waals surface area (Å²) in [6.07, 6.45) is 3.30. The second-order valence-electron chi connectivity index (χ2n) is 3.38. The Morgan fingerprint density at radius 3 is 2.61 bits per heavy atom. The van der Waals surface area contributed by atoms with Gasteiger partial charge in [-0.3, -0.25) is 0 Å². The number of hydrogen-bond acceptors (Lipinski definition) is 5. The molecule has 0 saturated carbocycles. The van der Waals surface area contributed by atoms with E-state index in [0.29, 0.717) is 12.2 Å². The average molecular weight is 250 g/mol. The molecule has 5 heteroatoms. The highest BCUT2D eigenvalue weighted by Gasteiger charge is 2.17. The molecule has 0 spiro atoms. The van der Waals surface area contributed by atoms with Crippen molar-refractivity contribution < 1.29 is 23.5 Å². The molecule has 5 nitrogen and oxygen atoms in total. The molecule has 0 saturated heterocycles. The maximum atomic E-state index is 11.1. The summed E-state index contributed by atoms with van der Waals surface area (Å²) in [6, 6.07) is 3.46. The van der Waals surface area contributed by atoms with E-state index in [9.17, 15) is 9.59 Å². The Kier molecular flexibility index (Phi) is 5.44. The van der Waals surface area contributed by atoms with E-state index in [1.807, 2.05) is 0 Å². The number of furan rings is 1. The third-order valence-electron chi connectivity index (χ3n) is 2.04. The number of rotatable bonds is 7. The van der Waals surface area contributed by atoms with Gasteiger partial charge in [-0.15, -0.1) is 0 Å². The van der Waals surface area contributed by atoms with Crippen LogP contribution in [0.3, 0.4) is 0 Å². The molecule has 0 aromatic carbocycles. The van der Waals surface area contributed by atoms with E-state index in [2.05, 4.69) is 13.2 Å². The number of carbonyl (C=O) groups excluding carboxylic acids is 2. The fraction of sp³-hybridized carbons (Fsp3) is 0.231. The lowest BCUT2D eigenvalue weighted by Crippen LogP contribution is -2.26. The molecule has 0 N–H and O–H groups in total. The Morgan fingerprint density at radius 1 is 1.33 bits per heavy atom. The van der Waals surface area contributed by atoms with Crippen LogP contribution in [0.2, 0.25) is 0 Å². The van der Waals surface area contributed by atoms with Gasteiger partial charge in [-0.2, -0.15) is 0 Å². The van der Waals surface area contributed by atoms with Crippen LogP contribution in [0.25, 0.3) is 0 Å². The van der Waals surface area contributed by atoms with Gasteiger partial charge in [0.15, 0.2) is 0 Å². The van der Waals surface area contributed by atoms with Crippen LogP contribution in [-0.2, 0) is 25.5 Å². The predicted molar refractivity (Wildman–Crippen MR) is 63.6 cm³/mol. The first-order valence-corrected chi connectivity index (χ1v) is 5.30. The van der Waals surface area contributed by atoms with E-state index in [4.69, 9.17) is 13.9 Å². The van der Waals surface area contributed by atoms with Crippen molar-refractivity contribution in [3.63, 3.8) is 0 Å². The quantitative estimate of drug-likeness (QED) is 0.543. The molecule has 1 rings (SSSR count). The summed E-state index contributed by atoms with van der Waals surface area (Å²) < 4.78 is 15.0. The summed E-state index contributed by atoms with van der Waals surface area (Å²) in [5.74, 6) is -0.526. The molecular weight excluding hydrogens is 236 g/mol. The van der Waals surface area contributed by atoms with Crippen molar-refractivity contribution in [2.75, 3.05) is 6.61 Å². The van der Waals surface area contributed by atoms with Crippen LogP contribution in [0.1, 0.15) is 5.76 Å². The Morgan fingerprint density at radius 2 is 2.06 bits per heavy atom. The molecule has 1 unspecified atom stereocenters. The zero-order chi connectivity index (χ0) is 13.4. The lowest BCUT2D eigenvalue weighted by atomic mass is 10.2. The summed E-state index contributed by atoms with van der Waals surface area (Å²) in [6.45, 7) is 6.51. The minimum atomic E-state index is -0.620. The predicted octanol–water partition coefficient (Wildman–Crippen LogP) is 1.65.